The first-order valence-corrected chi connectivity index (χ1v) is 8.56. The number of benzene rings is 2. The van der Waals surface area contributed by atoms with E-state index in [-0.39, 0.29) is 30.2 Å². The van der Waals surface area contributed by atoms with Crippen LogP contribution in [0.5, 0.6) is 0 Å². The smallest absolute Gasteiger partial charge is 0.254 e. The Bertz CT molecular complexity index is 792. The summed E-state index contributed by atoms with van der Waals surface area (Å²) in [7, 11) is 0. The van der Waals surface area contributed by atoms with Gasteiger partial charge in [-0.2, -0.15) is 0 Å². The zero-order valence-corrected chi connectivity index (χ0v) is 14.6. The Morgan fingerprint density at radius 3 is 2.73 bits per heavy atom. The van der Waals surface area contributed by atoms with Crippen molar-refractivity contribution in [2.24, 2.45) is 0 Å². The highest BCUT2D eigenvalue weighted by atomic mass is 19.1. The molecule has 1 aliphatic rings. The quantitative estimate of drug-likeness (QED) is 0.916. The molecule has 2 aromatic rings. The fraction of sp³-hybridized carbons (Fsp3) is 0.300. The van der Waals surface area contributed by atoms with Crippen LogP contribution in [-0.2, 0) is 16.0 Å². The summed E-state index contributed by atoms with van der Waals surface area (Å²) in [5.41, 5.74) is 1.81. The van der Waals surface area contributed by atoms with Gasteiger partial charge in [0.25, 0.3) is 5.91 Å². The van der Waals surface area contributed by atoms with Crippen LogP contribution < -0.4 is 5.32 Å². The van der Waals surface area contributed by atoms with Crippen LogP contribution >= 0.6 is 0 Å². The third-order valence-corrected chi connectivity index (χ3v) is 4.20. The first-order chi connectivity index (χ1) is 12.5. The molecule has 2 amide bonds. The molecule has 1 unspecified atom stereocenters. The summed E-state index contributed by atoms with van der Waals surface area (Å²) >= 11 is 0. The molecule has 3 rings (SSSR count). The van der Waals surface area contributed by atoms with Gasteiger partial charge in [0.05, 0.1) is 19.1 Å². The van der Waals surface area contributed by atoms with Gasteiger partial charge >= 0.3 is 0 Å². The Kier molecular flexibility index (Phi) is 5.63. The van der Waals surface area contributed by atoms with Crippen LogP contribution in [0, 0.1) is 5.82 Å². The fourth-order valence-electron chi connectivity index (χ4n) is 2.91. The van der Waals surface area contributed by atoms with Gasteiger partial charge in [0.1, 0.15) is 5.82 Å². The molecular weight excluding hydrogens is 335 g/mol. The molecule has 0 aromatic heterocycles. The third-order valence-electron chi connectivity index (χ3n) is 4.20. The van der Waals surface area contributed by atoms with E-state index in [1.165, 1.54) is 12.1 Å². The number of hydrogen-bond acceptors (Lipinski definition) is 3. The van der Waals surface area contributed by atoms with Gasteiger partial charge < -0.3 is 15.0 Å². The Balaban J connectivity index is 1.64. The number of nitrogens with zero attached hydrogens (tertiary/aromatic N) is 1. The van der Waals surface area contributed by atoms with Crippen molar-refractivity contribution in [3.63, 3.8) is 0 Å². The molecule has 1 atom stereocenters. The number of amides is 2. The van der Waals surface area contributed by atoms with E-state index in [0.29, 0.717) is 30.9 Å². The second-order valence-corrected chi connectivity index (χ2v) is 6.36. The first-order valence-electron chi connectivity index (χ1n) is 8.56. The lowest BCUT2D eigenvalue weighted by Crippen LogP contribution is -2.44. The van der Waals surface area contributed by atoms with Gasteiger partial charge in [-0.3, -0.25) is 9.59 Å². The molecule has 2 aromatic carbocycles. The number of carbonyl (C=O) groups excluding carboxylic acids is 2. The normalized spacial score (nSPS) is 17.0. The van der Waals surface area contributed by atoms with E-state index in [0.717, 1.165) is 5.56 Å². The Labute approximate surface area is 151 Å². The van der Waals surface area contributed by atoms with Crippen molar-refractivity contribution in [2.45, 2.75) is 19.4 Å². The second-order valence-electron chi connectivity index (χ2n) is 6.36. The Morgan fingerprint density at radius 1 is 1.23 bits per heavy atom. The summed E-state index contributed by atoms with van der Waals surface area (Å²) < 4.78 is 18.4. The number of nitrogens with one attached hydrogen (secondary N) is 1. The molecule has 1 fully saturated rings. The van der Waals surface area contributed by atoms with E-state index in [9.17, 15) is 14.0 Å². The molecule has 1 aliphatic heterocycles. The predicted molar refractivity (Wildman–Crippen MR) is 96.5 cm³/mol. The van der Waals surface area contributed by atoms with Gasteiger partial charge in [0.15, 0.2) is 0 Å². The molecule has 0 spiro atoms. The maximum atomic E-state index is 12.9. The van der Waals surface area contributed by atoms with E-state index >= 15 is 0 Å². The Hall–Kier alpha value is -2.73. The number of rotatable bonds is 4. The number of morpholine rings is 1. The molecule has 0 saturated carbocycles. The number of ether oxygens (including phenoxy) is 1. The Morgan fingerprint density at radius 2 is 2.00 bits per heavy atom. The van der Waals surface area contributed by atoms with Crippen LogP contribution in [-0.4, -0.2) is 42.5 Å². The number of halogens is 1. The molecule has 1 heterocycles. The van der Waals surface area contributed by atoms with E-state index in [1.54, 1.807) is 41.3 Å². The van der Waals surface area contributed by atoms with Crippen molar-refractivity contribution in [1.29, 1.82) is 0 Å². The molecular formula is C20H21FN2O3. The van der Waals surface area contributed by atoms with Crippen molar-refractivity contribution in [1.82, 2.24) is 4.90 Å². The molecule has 5 nitrogen and oxygen atoms in total. The van der Waals surface area contributed by atoms with Crippen LogP contribution in [0.3, 0.4) is 0 Å². The summed E-state index contributed by atoms with van der Waals surface area (Å²) in [6, 6.07) is 12.7. The van der Waals surface area contributed by atoms with E-state index < -0.39 is 0 Å². The summed E-state index contributed by atoms with van der Waals surface area (Å²) in [5, 5.41) is 2.78. The van der Waals surface area contributed by atoms with Crippen molar-refractivity contribution in [3.05, 3.63) is 65.5 Å². The average Bonchev–Trinajstić information content (AvgIpc) is 2.63. The van der Waals surface area contributed by atoms with Gasteiger partial charge in [-0.25, -0.2) is 4.39 Å². The predicted octanol–water partition coefficient (Wildman–Crippen LogP) is 2.87. The SMILES string of the molecule is CC1CN(C(=O)c2cccc(NC(=O)Cc3ccc(F)cc3)c2)CCO1. The van der Waals surface area contributed by atoms with Gasteiger partial charge in [0, 0.05) is 24.3 Å². The molecule has 1 saturated heterocycles. The highest BCUT2D eigenvalue weighted by molar-refractivity contribution is 5.97. The third kappa shape index (κ3) is 4.67. The van der Waals surface area contributed by atoms with Crippen LogP contribution in [0.4, 0.5) is 10.1 Å². The summed E-state index contributed by atoms with van der Waals surface area (Å²) in [4.78, 5) is 26.6. The van der Waals surface area contributed by atoms with Crippen LogP contribution in [0.25, 0.3) is 0 Å². The molecule has 6 heteroatoms. The lowest BCUT2D eigenvalue weighted by molar-refractivity contribution is -0.115. The maximum Gasteiger partial charge on any atom is 0.254 e. The minimum absolute atomic E-state index is 0.0197. The molecule has 1 N–H and O–H groups in total. The van der Waals surface area contributed by atoms with Crippen LogP contribution in [0.15, 0.2) is 48.5 Å². The minimum atomic E-state index is -0.335. The second kappa shape index (κ2) is 8.10. The van der Waals surface area contributed by atoms with Crippen molar-refractivity contribution in [3.8, 4) is 0 Å². The standard InChI is InChI=1S/C20H21FN2O3/c1-14-13-23(9-10-26-14)20(25)16-3-2-4-18(12-16)22-19(24)11-15-5-7-17(21)8-6-15/h2-8,12,14H,9-11,13H2,1H3,(H,22,24). The largest absolute Gasteiger partial charge is 0.375 e. The summed E-state index contributed by atoms with van der Waals surface area (Å²) in [5.74, 6) is -0.631. The molecule has 0 bridgehead atoms. The number of anilines is 1. The molecule has 26 heavy (non-hydrogen) atoms. The fourth-order valence-corrected chi connectivity index (χ4v) is 2.91. The highest BCUT2D eigenvalue weighted by Crippen LogP contribution is 2.15. The lowest BCUT2D eigenvalue weighted by atomic mass is 10.1. The monoisotopic (exact) mass is 356 g/mol. The van der Waals surface area contributed by atoms with E-state index in [1.807, 2.05) is 6.92 Å². The zero-order valence-electron chi connectivity index (χ0n) is 14.6. The van der Waals surface area contributed by atoms with Gasteiger partial charge in [0.2, 0.25) is 5.91 Å². The summed E-state index contributed by atoms with van der Waals surface area (Å²) in [6.45, 7) is 3.58. The summed E-state index contributed by atoms with van der Waals surface area (Å²) in [6.07, 6.45) is 0.158. The topological polar surface area (TPSA) is 58.6 Å². The van der Waals surface area contributed by atoms with E-state index in [4.69, 9.17) is 4.74 Å². The number of hydrogen-bond donors (Lipinski definition) is 1. The lowest BCUT2D eigenvalue weighted by Gasteiger charge is -2.31. The number of carbonyl (C=O) groups is 2. The average molecular weight is 356 g/mol. The molecule has 136 valence electrons. The van der Waals surface area contributed by atoms with Gasteiger partial charge in [-0.1, -0.05) is 18.2 Å². The van der Waals surface area contributed by atoms with Crippen molar-refractivity contribution >= 4 is 17.5 Å². The maximum absolute atomic E-state index is 12.9. The van der Waals surface area contributed by atoms with Crippen LogP contribution in [0.1, 0.15) is 22.8 Å². The molecule has 0 radical (unpaired) electrons. The van der Waals surface area contributed by atoms with Crippen LogP contribution in [0.2, 0.25) is 0 Å². The van der Waals surface area contributed by atoms with Crippen molar-refractivity contribution in [2.75, 3.05) is 25.0 Å². The van der Waals surface area contributed by atoms with Gasteiger partial charge in [-0.15, -0.1) is 0 Å². The highest BCUT2D eigenvalue weighted by Gasteiger charge is 2.22. The first kappa shape index (κ1) is 18.1. The van der Waals surface area contributed by atoms with Crippen molar-refractivity contribution < 1.29 is 18.7 Å². The van der Waals surface area contributed by atoms with Gasteiger partial charge in [-0.05, 0) is 42.8 Å². The molecule has 0 aliphatic carbocycles. The minimum Gasteiger partial charge on any atom is -0.375 e. The van der Waals surface area contributed by atoms with E-state index in [2.05, 4.69) is 5.32 Å². The zero-order chi connectivity index (χ0) is 18.5.